The Hall–Kier alpha value is -1.85. The van der Waals surface area contributed by atoms with E-state index in [9.17, 15) is 8.78 Å². The Balaban J connectivity index is 2.21. The number of ether oxygens (including phenoxy) is 2. The first kappa shape index (κ1) is 10.3. The van der Waals surface area contributed by atoms with Crippen LogP contribution in [-0.4, -0.2) is 15.8 Å². The first-order valence-corrected chi connectivity index (χ1v) is 5.25. The van der Waals surface area contributed by atoms with Gasteiger partial charge in [0.05, 0.1) is 11.0 Å². The molecule has 0 unspecified atom stereocenters. The summed E-state index contributed by atoms with van der Waals surface area (Å²) >= 11 is 0. The van der Waals surface area contributed by atoms with E-state index in [1.54, 1.807) is 0 Å². The van der Waals surface area contributed by atoms with Crippen LogP contribution < -0.4 is 9.47 Å². The zero-order valence-corrected chi connectivity index (χ0v) is 9.33. The first-order valence-electron chi connectivity index (χ1n) is 5.25. The lowest BCUT2D eigenvalue weighted by molar-refractivity contribution is -0.286. The van der Waals surface area contributed by atoms with Crippen LogP contribution in [0, 0.1) is 0 Å². The van der Waals surface area contributed by atoms with E-state index in [0.717, 1.165) is 17.8 Å². The molecule has 0 saturated carbocycles. The molecule has 0 N–H and O–H groups in total. The van der Waals surface area contributed by atoms with Gasteiger partial charge in [-0.1, -0.05) is 6.92 Å². The molecule has 4 nitrogen and oxygen atoms in total. The van der Waals surface area contributed by atoms with Gasteiger partial charge in [0.2, 0.25) is 0 Å². The molecule has 1 aliphatic heterocycles. The van der Waals surface area contributed by atoms with E-state index in [2.05, 4.69) is 14.5 Å². The predicted octanol–water partition coefficient (Wildman–Crippen LogP) is 2.46. The highest BCUT2D eigenvalue weighted by molar-refractivity contribution is 5.81. The molecule has 0 atom stereocenters. The van der Waals surface area contributed by atoms with Crippen LogP contribution in [0.15, 0.2) is 12.1 Å². The largest absolute Gasteiger partial charge is 0.586 e. The summed E-state index contributed by atoms with van der Waals surface area (Å²) in [4.78, 5) is 4.34. The summed E-state index contributed by atoms with van der Waals surface area (Å²) in [5.41, 5.74) is 1.38. The third-order valence-corrected chi connectivity index (χ3v) is 2.81. The maximum absolute atomic E-state index is 12.9. The molecule has 0 aliphatic carbocycles. The average molecular weight is 240 g/mol. The van der Waals surface area contributed by atoms with E-state index in [0.29, 0.717) is 5.52 Å². The Kier molecular flexibility index (Phi) is 1.87. The van der Waals surface area contributed by atoms with Crippen molar-refractivity contribution in [3.63, 3.8) is 0 Å². The van der Waals surface area contributed by atoms with E-state index >= 15 is 0 Å². The maximum Gasteiger partial charge on any atom is 0.586 e. The molecule has 0 saturated heterocycles. The lowest BCUT2D eigenvalue weighted by atomic mass is 10.3. The van der Waals surface area contributed by atoms with Crippen molar-refractivity contribution in [2.45, 2.75) is 19.6 Å². The van der Waals surface area contributed by atoms with E-state index < -0.39 is 6.29 Å². The second kappa shape index (κ2) is 3.09. The number of fused-ring (bicyclic) bond motifs is 2. The standard InChI is InChI=1S/C11H10F2N2O2/c1-3-10-14-6-4-8-9(5-7(6)15(10)2)17-11(12,13)16-8/h4-5H,3H2,1-2H3. The van der Waals surface area contributed by atoms with Gasteiger partial charge in [0.25, 0.3) is 0 Å². The molecule has 0 radical (unpaired) electrons. The highest BCUT2D eigenvalue weighted by Gasteiger charge is 2.43. The molecular formula is C11H10F2N2O2. The van der Waals surface area contributed by atoms with Crippen LogP contribution in [0.2, 0.25) is 0 Å². The minimum absolute atomic E-state index is 0.0308. The highest BCUT2D eigenvalue weighted by atomic mass is 19.3. The summed E-state index contributed by atoms with van der Waals surface area (Å²) in [6.45, 7) is 1.98. The van der Waals surface area contributed by atoms with Crippen molar-refractivity contribution in [2.24, 2.45) is 7.05 Å². The van der Waals surface area contributed by atoms with Crippen molar-refractivity contribution in [1.29, 1.82) is 0 Å². The van der Waals surface area contributed by atoms with E-state index in [-0.39, 0.29) is 11.5 Å². The Morgan fingerprint density at radius 3 is 2.59 bits per heavy atom. The maximum atomic E-state index is 12.9. The van der Waals surface area contributed by atoms with Crippen molar-refractivity contribution in [3.05, 3.63) is 18.0 Å². The third-order valence-electron chi connectivity index (χ3n) is 2.81. The number of hydrogen-bond acceptors (Lipinski definition) is 3. The molecule has 1 aromatic carbocycles. The fourth-order valence-electron chi connectivity index (χ4n) is 2.00. The van der Waals surface area contributed by atoms with E-state index in [1.165, 1.54) is 12.1 Å². The van der Waals surface area contributed by atoms with E-state index in [1.807, 2.05) is 18.5 Å². The van der Waals surface area contributed by atoms with Crippen molar-refractivity contribution >= 4 is 11.0 Å². The molecule has 0 bridgehead atoms. The number of imidazole rings is 1. The molecule has 17 heavy (non-hydrogen) atoms. The second-order valence-corrected chi connectivity index (χ2v) is 3.90. The second-order valence-electron chi connectivity index (χ2n) is 3.90. The Morgan fingerprint density at radius 1 is 1.29 bits per heavy atom. The normalized spacial score (nSPS) is 16.7. The molecule has 6 heteroatoms. The quantitative estimate of drug-likeness (QED) is 0.768. The van der Waals surface area contributed by atoms with Gasteiger partial charge in [-0.3, -0.25) is 0 Å². The number of rotatable bonds is 1. The molecule has 0 amide bonds. The lowest BCUT2D eigenvalue weighted by Crippen LogP contribution is -2.25. The first-order chi connectivity index (χ1) is 8.00. The van der Waals surface area contributed by atoms with Gasteiger partial charge in [-0.05, 0) is 0 Å². The third kappa shape index (κ3) is 1.44. The molecule has 0 spiro atoms. The summed E-state index contributed by atoms with van der Waals surface area (Å²) < 4.78 is 36.4. The van der Waals surface area contributed by atoms with Crippen LogP contribution >= 0.6 is 0 Å². The van der Waals surface area contributed by atoms with Crippen LogP contribution in [0.1, 0.15) is 12.7 Å². The fourth-order valence-corrected chi connectivity index (χ4v) is 2.00. The topological polar surface area (TPSA) is 36.3 Å². The van der Waals surface area contributed by atoms with Crippen LogP contribution in [0.4, 0.5) is 8.78 Å². The summed E-state index contributed by atoms with van der Waals surface area (Å²) in [6, 6.07) is 3.00. The van der Waals surface area contributed by atoms with Gasteiger partial charge >= 0.3 is 6.29 Å². The van der Waals surface area contributed by atoms with Crippen molar-refractivity contribution in [1.82, 2.24) is 9.55 Å². The molecule has 90 valence electrons. The monoisotopic (exact) mass is 240 g/mol. The summed E-state index contributed by atoms with van der Waals surface area (Å²) in [5.74, 6) is 0.965. The predicted molar refractivity (Wildman–Crippen MR) is 56.3 cm³/mol. The smallest absolute Gasteiger partial charge is 0.395 e. The zero-order valence-electron chi connectivity index (χ0n) is 9.33. The van der Waals surface area contributed by atoms with Crippen molar-refractivity contribution in [2.75, 3.05) is 0 Å². The number of halogens is 2. The molecule has 3 rings (SSSR count). The summed E-state index contributed by atoms with van der Waals surface area (Å²) in [5, 5.41) is 0. The SMILES string of the molecule is CCc1nc2cc3c(cc2n1C)OC(F)(F)O3. The van der Waals surface area contributed by atoms with Gasteiger partial charge in [-0.15, -0.1) is 8.78 Å². The van der Waals surface area contributed by atoms with Gasteiger partial charge < -0.3 is 14.0 Å². The van der Waals surface area contributed by atoms with Crippen LogP contribution in [0.25, 0.3) is 11.0 Å². The number of alkyl halides is 2. The van der Waals surface area contributed by atoms with Gasteiger partial charge in [0.15, 0.2) is 11.5 Å². The number of hydrogen-bond donors (Lipinski definition) is 0. The molecule has 0 fully saturated rings. The lowest BCUT2D eigenvalue weighted by Gasteiger charge is -2.04. The van der Waals surface area contributed by atoms with Gasteiger partial charge in [0.1, 0.15) is 5.82 Å². The van der Waals surface area contributed by atoms with Gasteiger partial charge in [0, 0.05) is 25.6 Å². The molecule has 1 aliphatic rings. The Bertz CT molecular complexity index is 607. The molecule has 2 heterocycles. The van der Waals surface area contributed by atoms with Crippen LogP contribution in [0.3, 0.4) is 0 Å². The molecule has 1 aromatic heterocycles. The number of benzene rings is 1. The van der Waals surface area contributed by atoms with Crippen LogP contribution in [-0.2, 0) is 13.5 Å². The highest BCUT2D eigenvalue weighted by Crippen LogP contribution is 2.43. The van der Waals surface area contributed by atoms with Gasteiger partial charge in [-0.25, -0.2) is 4.98 Å². The minimum atomic E-state index is -3.58. The van der Waals surface area contributed by atoms with Gasteiger partial charge in [-0.2, -0.15) is 0 Å². The fraction of sp³-hybridized carbons (Fsp3) is 0.364. The Morgan fingerprint density at radius 2 is 1.94 bits per heavy atom. The Labute approximate surface area is 95.8 Å². The minimum Gasteiger partial charge on any atom is -0.395 e. The van der Waals surface area contributed by atoms with E-state index in [4.69, 9.17) is 0 Å². The summed E-state index contributed by atoms with van der Waals surface area (Å²) in [7, 11) is 1.84. The van der Waals surface area contributed by atoms with Crippen molar-refractivity contribution < 1.29 is 18.3 Å². The van der Waals surface area contributed by atoms with Crippen LogP contribution in [0.5, 0.6) is 11.5 Å². The summed E-state index contributed by atoms with van der Waals surface area (Å²) in [6.07, 6.45) is -2.80. The molecule has 2 aromatic rings. The number of aryl methyl sites for hydroxylation is 2. The number of aromatic nitrogens is 2. The van der Waals surface area contributed by atoms with Crippen molar-refractivity contribution in [3.8, 4) is 11.5 Å². The average Bonchev–Trinajstić information content (AvgIpc) is 2.71. The zero-order chi connectivity index (χ0) is 12.2. The number of nitrogens with zero attached hydrogens (tertiary/aromatic N) is 2. The molecular weight excluding hydrogens is 230 g/mol.